The second-order valence-corrected chi connectivity index (χ2v) is 4.36. The van der Waals surface area contributed by atoms with Crippen molar-refractivity contribution in [2.45, 2.75) is 37.3 Å². The van der Waals surface area contributed by atoms with E-state index in [0.717, 1.165) is 0 Å². The van der Waals surface area contributed by atoms with Crippen LogP contribution in [0.25, 0.3) is 0 Å². The average molecular weight is 239 g/mol. The van der Waals surface area contributed by atoms with Crippen LogP contribution in [-0.4, -0.2) is 47.3 Å². The summed E-state index contributed by atoms with van der Waals surface area (Å²) in [5.41, 5.74) is -1.10. The van der Waals surface area contributed by atoms with E-state index in [-0.39, 0.29) is 30.9 Å². The minimum atomic E-state index is -1.21. The SMILES string of the molecule is CCOC(=O)C1=NO[C@H]2C=C[C@@H]3O[C@@H]3[C@@]2(O)C1. The van der Waals surface area contributed by atoms with Crippen molar-refractivity contribution in [2.24, 2.45) is 5.16 Å². The molecule has 3 rings (SSSR count). The lowest BCUT2D eigenvalue weighted by atomic mass is 9.81. The summed E-state index contributed by atoms with van der Waals surface area (Å²) in [6, 6.07) is 0. The zero-order valence-electron chi connectivity index (χ0n) is 9.33. The summed E-state index contributed by atoms with van der Waals surface area (Å²) in [6.07, 6.45) is 2.74. The minimum Gasteiger partial charge on any atom is -0.461 e. The van der Waals surface area contributed by atoms with Crippen molar-refractivity contribution in [3.8, 4) is 0 Å². The lowest BCUT2D eigenvalue weighted by Gasteiger charge is -2.36. The Labute approximate surface area is 97.8 Å². The summed E-state index contributed by atoms with van der Waals surface area (Å²) in [5, 5.41) is 14.2. The highest BCUT2D eigenvalue weighted by Gasteiger charge is 2.62. The third-order valence-electron chi connectivity index (χ3n) is 3.22. The third-order valence-corrected chi connectivity index (χ3v) is 3.22. The van der Waals surface area contributed by atoms with Crippen molar-refractivity contribution in [1.82, 2.24) is 0 Å². The maximum absolute atomic E-state index is 11.5. The number of hydrogen-bond acceptors (Lipinski definition) is 6. The van der Waals surface area contributed by atoms with E-state index in [2.05, 4.69) is 5.16 Å². The number of nitrogens with zero attached hydrogens (tertiary/aromatic N) is 1. The number of rotatable bonds is 2. The summed E-state index contributed by atoms with van der Waals surface area (Å²) >= 11 is 0. The first-order valence-electron chi connectivity index (χ1n) is 5.61. The van der Waals surface area contributed by atoms with Crippen molar-refractivity contribution in [3.05, 3.63) is 12.2 Å². The lowest BCUT2D eigenvalue weighted by Crippen LogP contribution is -2.54. The normalized spacial score (nSPS) is 41.8. The second kappa shape index (κ2) is 3.54. The summed E-state index contributed by atoms with van der Waals surface area (Å²) in [5.74, 6) is -0.550. The first-order valence-corrected chi connectivity index (χ1v) is 5.61. The van der Waals surface area contributed by atoms with Crippen LogP contribution in [0.1, 0.15) is 13.3 Å². The molecule has 4 atom stereocenters. The van der Waals surface area contributed by atoms with Gasteiger partial charge in [0.15, 0.2) is 11.8 Å². The summed E-state index contributed by atoms with van der Waals surface area (Å²) in [4.78, 5) is 16.7. The van der Waals surface area contributed by atoms with Crippen LogP contribution in [0.2, 0.25) is 0 Å². The quantitative estimate of drug-likeness (QED) is 0.409. The van der Waals surface area contributed by atoms with Gasteiger partial charge in [-0.2, -0.15) is 0 Å². The fraction of sp³-hybridized carbons (Fsp3) is 0.636. The van der Waals surface area contributed by atoms with Gasteiger partial charge in [0, 0.05) is 6.42 Å². The Morgan fingerprint density at radius 1 is 1.71 bits per heavy atom. The van der Waals surface area contributed by atoms with E-state index >= 15 is 0 Å². The van der Waals surface area contributed by atoms with Crippen molar-refractivity contribution >= 4 is 11.7 Å². The zero-order valence-corrected chi connectivity index (χ0v) is 9.33. The van der Waals surface area contributed by atoms with Gasteiger partial charge in [0.05, 0.1) is 6.61 Å². The Bertz CT molecular complexity index is 418. The van der Waals surface area contributed by atoms with E-state index in [1.54, 1.807) is 13.0 Å². The van der Waals surface area contributed by atoms with E-state index in [1.807, 2.05) is 6.08 Å². The highest BCUT2D eigenvalue weighted by atomic mass is 16.7. The number of fused-ring (bicyclic) bond motifs is 3. The van der Waals surface area contributed by atoms with Gasteiger partial charge in [-0.25, -0.2) is 4.79 Å². The molecule has 1 aliphatic carbocycles. The molecule has 0 aromatic rings. The highest BCUT2D eigenvalue weighted by molar-refractivity contribution is 6.36. The Morgan fingerprint density at radius 3 is 3.29 bits per heavy atom. The molecular formula is C11H13NO5. The molecule has 17 heavy (non-hydrogen) atoms. The Morgan fingerprint density at radius 2 is 2.53 bits per heavy atom. The maximum atomic E-state index is 11.5. The number of aliphatic hydroxyl groups is 1. The van der Waals surface area contributed by atoms with Gasteiger partial charge in [-0.3, -0.25) is 0 Å². The fourth-order valence-electron chi connectivity index (χ4n) is 2.28. The maximum Gasteiger partial charge on any atom is 0.356 e. The molecule has 6 heteroatoms. The molecule has 1 saturated heterocycles. The van der Waals surface area contributed by atoms with Crippen molar-refractivity contribution in [2.75, 3.05) is 6.61 Å². The van der Waals surface area contributed by atoms with Crippen LogP contribution in [0.4, 0.5) is 0 Å². The van der Waals surface area contributed by atoms with Crippen LogP contribution in [0.5, 0.6) is 0 Å². The molecule has 3 aliphatic rings. The topological polar surface area (TPSA) is 80.7 Å². The number of epoxide rings is 1. The van der Waals surface area contributed by atoms with Gasteiger partial charge in [-0.15, -0.1) is 0 Å². The standard InChI is InChI=1S/C11H13NO5/c1-2-15-10(13)6-5-11(14)8(17-12-6)4-3-7-9(11)16-7/h3-4,7-9,14H,2,5H2,1H3/t7-,8-,9-,11+/m0/s1. The summed E-state index contributed by atoms with van der Waals surface area (Å²) < 4.78 is 10.1. The van der Waals surface area contributed by atoms with Crippen LogP contribution >= 0.6 is 0 Å². The number of carbonyl (C=O) groups is 1. The van der Waals surface area contributed by atoms with Crippen LogP contribution in [0.3, 0.4) is 0 Å². The summed E-state index contributed by atoms with van der Waals surface area (Å²) in [7, 11) is 0. The Kier molecular flexibility index (Phi) is 2.24. The second-order valence-electron chi connectivity index (χ2n) is 4.36. The molecule has 0 saturated carbocycles. The summed E-state index contributed by atoms with van der Waals surface area (Å²) in [6.45, 7) is 1.98. The van der Waals surface area contributed by atoms with E-state index in [0.29, 0.717) is 0 Å². The van der Waals surface area contributed by atoms with Crippen LogP contribution in [0, 0.1) is 0 Å². The molecule has 1 N–H and O–H groups in total. The molecule has 0 aromatic carbocycles. The molecule has 2 heterocycles. The van der Waals surface area contributed by atoms with Crippen molar-refractivity contribution in [1.29, 1.82) is 0 Å². The number of esters is 1. The minimum absolute atomic E-state index is 0.0682. The Balaban J connectivity index is 1.82. The van der Waals surface area contributed by atoms with Gasteiger partial charge in [-0.1, -0.05) is 11.2 Å². The van der Waals surface area contributed by atoms with Crippen molar-refractivity contribution < 1.29 is 24.2 Å². The molecule has 0 aromatic heterocycles. The predicted octanol–water partition coefficient (Wildman–Crippen LogP) is -0.237. The molecule has 0 radical (unpaired) electrons. The van der Waals surface area contributed by atoms with E-state index in [1.165, 1.54) is 0 Å². The van der Waals surface area contributed by atoms with Gasteiger partial charge < -0.3 is 19.4 Å². The first-order chi connectivity index (χ1) is 8.15. The molecule has 0 bridgehead atoms. The Hall–Kier alpha value is -1.40. The molecule has 0 unspecified atom stereocenters. The van der Waals surface area contributed by atoms with Crippen LogP contribution < -0.4 is 0 Å². The van der Waals surface area contributed by atoms with Gasteiger partial charge in [0.2, 0.25) is 0 Å². The molecule has 0 amide bonds. The van der Waals surface area contributed by atoms with E-state index in [9.17, 15) is 9.90 Å². The monoisotopic (exact) mass is 239 g/mol. The predicted molar refractivity (Wildman–Crippen MR) is 56.3 cm³/mol. The molecule has 92 valence electrons. The smallest absolute Gasteiger partial charge is 0.356 e. The van der Waals surface area contributed by atoms with Crippen LogP contribution in [0.15, 0.2) is 17.3 Å². The molecule has 6 nitrogen and oxygen atoms in total. The highest BCUT2D eigenvalue weighted by Crippen LogP contribution is 2.44. The van der Waals surface area contributed by atoms with E-state index < -0.39 is 17.7 Å². The third kappa shape index (κ3) is 1.56. The van der Waals surface area contributed by atoms with Crippen molar-refractivity contribution in [3.63, 3.8) is 0 Å². The van der Waals surface area contributed by atoms with Gasteiger partial charge in [0.1, 0.15) is 17.8 Å². The molecule has 1 fully saturated rings. The fourth-order valence-corrected chi connectivity index (χ4v) is 2.28. The zero-order chi connectivity index (χ0) is 12.0. The molecule has 2 aliphatic heterocycles. The molecular weight excluding hydrogens is 226 g/mol. The molecule has 0 spiro atoms. The van der Waals surface area contributed by atoms with E-state index in [4.69, 9.17) is 14.3 Å². The van der Waals surface area contributed by atoms with Gasteiger partial charge >= 0.3 is 5.97 Å². The van der Waals surface area contributed by atoms with Gasteiger partial charge in [0.25, 0.3) is 0 Å². The van der Waals surface area contributed by atoms with Crippen LogP contribution in [-0.2, 0) is 19.1 Å². The first kappa shape index (κ1) is 10.7. The largest absolute Gasteiger partial charge is 0.461 e. The number of oxime groups is 1. The lowest BCUT2D eigenvalue weighted by molar-refractivity contribution is -0.139. The number of ether oxygens (including phenoxy) is 2. The average Bonchev–Trinajstić information content (AvgIpc) is 3.08. The van der Waals surface area contributed by atoms with Gasteiger partial charge in [-0.05, 0) is 13.0 Å². The number of carbonyl (C=O) groups excluding carboxylic acids is 1. The number of hydrogen-bond donors (Lipinski definition) is 1.